The second-order valence-electron chi connectivity index (χ2n) is 8.26. The molecule has 0 unspecified atom stereocenters. The molecule has 186 valence electrons. The highest BCUT2D eigenvalue weighted by Crippen LogP contribution is 2.39. The third kappa shape index (κ3) is 5.05. The summed E-state index contributed by atoms with van der Waals surface area (Å²) in [6, 6.07) is 16.0. The van der Waals surface area contributed by atoms with Gasteiger partial charge in [-0.2, -0.15) is 5.10 Å². The molecular formula is C27H25F2N3O4. The summed E-state index contributed by atoms with van der Waals surface area (Å²) in [5.74, 6) is -0.965. The van der Waals surface area contributed by atoms with Crippen molar-refractivity contribution in [3.8, 4) is 11.5 Å². The van der Waals surface area contributed by atoms with Gasteiger partial charge in [0.15, 0.2) is 0 Å². The van der Waals surface area contributed by atoms with Gasteiger partial charge in [0.05, 0.1) is 26.0 Å². The van der Waals surface area contributed by atoms with E-state index in [1.165, 1.54) is 55.4 Å². The fourth-order valence-electron chi connectivity index (χ4n) is 4.13. The van der Waals surface area contributed by atoms with Gasteiger partial charge in [-0.3, -0.25) is 9.59 Å². The number of amides is 2. The number of nitrogens with zero attached hydrogens (tertiary/aromatic N) is 3. The molecule has 0 aromatic heterocycles. The maximum atomic E-state index is 14.6. The summed E-state index contributed by atoms with van der Waals surface area (Å²) in [5, 5.41) is 5.72. The van der Waals surface area contributed by atoms with Crippen LogP contribution >= 0.6 is 0 Å². The normalized spacial score (nSPS) is 14.9. The molecule has 0 saturated carbocycles. The molecular weight excluding hydrogens is 468 g/mol. The van der Waals surface area contributed by atoms with Gasteiger partial charge in [-0.05, 0) is 42.5 Å². The van der Waals surface area contributed by atoms with Crippen molar-refractivity contribution in [3.05, 3.63) is 95.1 Å². The second kappa shape index (κ2) is 10.6. The average Bonchev–Trinajstić information content (AvgIpc) is 3.33. The van der Waals surface area contributed by atoms with E-state index in [0.29, 0.717) is 22.8 Å². The number of ether oxygens (including phenoxy) is 2. The second-order valence-corrected chi connectivity index (χ2v) is 8.26. The molecule has 9 heteroatoms. The number of carbonyl (C=O) groups is 2. The van der Waals surface area contributed by atoms with Crippen LogP contribution in [-0.4, -0.2) is 55.2 Å². The molecule has 1 heterocycles. The first-order valence-electron chi connectivity index (χ1n) is 11.2. The maximum Gasteiger partial charge on any atom is 0.262 e. The molecule has 0 aliphatic carbocycles. The molecule has 4 rings (SSSR count). The molecule has 0 radical (unpaired) electrons. The van der Waals surface area contributed by atoms with Crippen LogP contribution < -0.4 is 9.47 Å². The lowest BCUT2D eigenvalue weighted by atomic mass is 9.97. The summed E-state index contributed by atoms with van der Waals surface area (Å²) in [4.78, 5) is 27.4. The number of halogens is 2. The third-order valence-corrected chi connectivity index (χ3v) is 5.94. The summed E-state index contributed by atoms with van der Waals surface area (Å²) < 4.78 is 39.1. The molecule has 2 amide bonds. The van der Waals surface area contributed by atoms with Gasteiger partial charge in [-0.1, -0.05) is 24.3 Å². The Morgan fingerprint density at radius 1 is 1.03 bits per heavy atom. The van der Waals surface area contributed by atoms with Crippen LogP contribution in [-0.2, 0) is 4.79 Å². The number of hydrogen-bond acceptors (Lipinski definition) is 5. The molecule has 3 aromatic carbocycles. The number of rotatable bonds is 7. The van der Waals surface area contributed by atoms with Crippen LogP contribution in [0.3, 0.4) is 0 Å². The van der Waals surface area contributed by atoms with E-state index in [2.05, 4.69) is 5.10 Å². The Kier molecular flexibility index (Phi) is 7.28. The van der Waals surface area contributed by atoms with E-state index < -0.39 is 29.5 Å². The summed E-state index contributed by atoms with van der Waals surface area (Å²) in [5.41, 5.74) is 1.41. The minimum absolute atomic E-state index is 0.119. The van der Waals surface area contributed by atoms with E-state index >= 15 is 0 Å². The van der Waals surface area contributed by atoms with Gasteiger partial charge in [-0.15, -0.1) is 0 Å². The molecule has 0 bridgehead atoms. The highest BCUT2D eigenvalue weighted by Gasteiger charge is 2.36. The molecule has 0 fully saturated rings. The van der Waals surface area contributed by atoms with Gasteiger partial charge in [-0.25, -0.2) is 13.8 Å². The van der Waals surface area contributed by atoms with Crippen molar-refractivity contribution < 1.29 is 27.8 Å². The first-order valence-corrected chi connectivity index (χ1v) is 11.2. The van der Waals surface area contributed by atoms with Crippen molar-refractivity contribution in [2.45, 2.75) is 12.5 Å². The first kappa shape index (κ1) is 24.8. The van der Waals surface area contributed by atoms with E-state index in [0.717, 1.165) is 6.07 Å². The standard InChI is InChI=1S/C27H25F2N3O4/c1-31(27(34)17-7-6-8-18(28)13-17)16-26(33)32-24(21-14-19(35-2)11-12-25(21)36-3)15-23(30-32)20-9-4-5-10-22(20)29/h4-14,24H,15-16H2,1-3H3/t24-/m1/s1. The Morgan fingerprint density at radius 3 is 2.50 bits per heavy atom. The highest BCUT2D eigenvalue weighted by molar-refractivity contribution is 6.04. The third-order valence-electron chi connectivity index (χ3n) is 5.94. The molecule has 0 spiro atoms. The molecule has 1 atom stereocenters. The van der Waals surface area contributed by atoms with Crippen LogP contribution in [0.4, 0.5) is 8.78 Å². The number of hydrogen-bond donors (Lipinski definition) is 0. The molecule has 0 saturated heterocycles. The average molecular weight is 494 g/mol. The summed E-state index contributed by atoms with van der Waals surface area (Å²) in [6.07, 6.45) is 0.220. The fourth-order valence-corrected chi connectivity index (χ4v) is 4.13. The van der Waals surface area contributed by atoms with Crippen LogP contribution in [0, 0.1) is 11.6 Å². The first-order chi connectivity index (χ1) is 17.3. The quantitative estimate of drug-likeness (QED) is 0.488. The number of hydrazone groups is 1. The number of carbonyl (C=O) groups excluding carboxylic acids is 2. The van der Waals surface area contributed by atoms with Crippen molar-refractivity contribution in [2.75, 3.05) is 27.8 Å². The van der Waals surface area contributed by atoms with Crippen molar-refractivity contribution in [2.24, 2.45) is 5.10 Å². The van der Waals surface area contributed by atoms with E-state index in [4.69, 9.17) is 9.47 Å². The Balaban J connectivity index is 1.67. The van der Waals surface area contributed by atoms with Crippen LogP contribution in [0.1, 0.15) is 33.9 Å². The Labute approximate surface area is 207 Å². The van der Waals surface area contributed by atoms with Crippen LogP contribution in [0.2, 0.25) is 0 Å². The Hall–Kier alpha value is -4.27. The number of likely N-dealkylation sites (N-methyl/N-ethyl adjacent to an activating group) is 1. The fraction of sp³-hybridized carbons (Fsp3) is 0.222. The largest absolute Gasteiger partial charge is 0.497 e. The monoisotopic (exact) mass is 493 g/mol. The predicted molar refractivity (Wildman–Crippen MR) is 130 cm³/mol. The van der Waals surface area contributed by atoms with Gasteiger partial charge in [0.25, 0.3) is 11.8 Å². The van der Waals surface area contributed by atoms with Crippen LogP contribution in [0.15, 0.2) is 71.8 Å². The molecule has 3 aromatic rings. The highest BCUT2D eigenvalue weighted by atomic mass is 19.1. The van der Waals surface area contributed by atoms with Crippen LogP contribution in [0.25, 0.3) is 0 Å². The van der Waals surface area contributed by atoms with Crippen molar-refractivity contribution in [1.29, 1.82) is 0 Å². The molecule has 36 heavy (non-hydrogen) atoms. The predicted octanol–water partition coefficient (Wildman–Crippen LogP) is 4.43. The minimum atomic E-state index is -0.630. The Morgan fingerprint density at radius 2 is 1.81 bits per heavy atom. The zero-order valence-corrected chi connectivity index (χ0v) is 20.1. The van der Waals surface area contributed by atoms with Gasteiger partial charge in [0.2, 0.25) is 0 Å². The minimum Gasteiger partial charge on any atom is -0.497 e. The van der Waals surface area contributed by atoms with E-state index in [-0.39, 0.29) is 24.1 Å². The van der Waals surface area contributed by atoms with E-state index in [9.17, 15) is 18.4 Å². The summed E-state index contributed by atoms with van der Waals surface area (Å²) in [7, 11) is 4.48. The van der Waals surface area contributed by atoms with Crippen LogP contribution in [0.5, 0.6) is 11.5 Å². The van der Waals surface area contributed by atoms with Gasteiger partial charge in [0.1, 0.15) is 29.7 Å². The van der Waals surface area contributed by atoms with Gasteiger partial charge in [0, 0.05) is 30.2 Å². The zero-order chi connectivity index (χ0) is 25.8. The lowest BCUT2D eigenvalue weighted by Gasteiger charge is -2.26. The Bertz CT molecular complexity index is 1330. The zero-order valence-electron chi connectivity index (χ0n) is 20.1. The topological polar surface area (TPSA) is 71.4 Å². The lowest BCUT2D eigenvalue weighted by Crippen LogP contribution is -2.39. The SMILES string of the molecule is COc1ccc(OC)c([C@H]2CC(c3ccccc3F)=NN2C(=O)CN(C)C(=O)c2cccc(F)c2)c1. The van der Waals surface area contributed by atoms with Gasteiger partial charge >= 0.3 is 0 Å². The maximum absolute atomic E-state index is 14.6. The number of benzene rings is 3. The molecule has 1 aliphatic heterocycles. The smallest absolute Gasteiger partial charge is 0.262 e. The summed E-state index contributed by atoms with van der Waals surface area (Å²) >= 11 is 0. The van der Waals surface area contributed by atoms with E-state index in [1.807, 2.05) is 0 Å². The van der Waals surface area contributed by atoms with Crippen molar-refractivity contribution in [1.82, 2.24) is 9.91 Å². The molecule has 7 nitrogen and oxygen atoms in total. The van der Waals surface area contributed by atoms with Gasteiger partial charge < -0.3 is 14.4 Å². The molecule has 0 N–H and O–H groups in total. The van der Waals surface area contributed by atoms with E-state index in [1.54, 1.807) is 36.4 Å². The summed E-state index contributed by atoms with van der Waals surface area (Å²) in [6.45, 7) is -0.327. The number of methoxy groups -OCH3 is 2. The van der Waals surface area contributed by atoms with Crippen molar-refractivity contribution >= 4 is 17.5 Å². The van der Waals surface area contributed by atoms with Crippen molar-refractivity contribution in [3.63, 3.8) is 0 Å². The lowest BCUT2D eigenvalue weighted by molar-refractivity contribution is -0.133. The molecule has 1 aliphatic rings.